The number of amides is 3. The lowest BCUT2D eigenvalue weighted by Crippen LogP contribution is -2.57. The highest BCUT2D eigenvalue weighted by atomic mass is 16.5. The molecule has 1 atom stereocenters. The molecule has 2 fully saturated rings. The van der Waals surface area contributed by atoms with Crippen LogP contribution >= 0.6 is 0 Å². The smallest absolute Gasteiger partial charge is 0.312 e. The SMILES string of the molecule is CCN1CCN(CC(=O)N2CCC[C@@H](OCc3ccccc3)C2)C(=O)C1=O. The van der Waals surface area contributed by atoms with E-state index in [0.717, 1.165) is 18.4 Å². The maximum atomic E-state index is 12.6. The maximum Gasteiger partial charge on any atom is 0.312 e. The Morgan fingerprint density at radius 2 is 1.78 bits per heavy atom. The molecule has 146 valence electrons. The molecule has 0 aliphatic carbocycles. The summed E-state index contributed by atoms with van der Waals surface area (Å²) in [6, 6.07) is 9.96. The van der Waals surface area contributed by atoms with Gasteiger partial charge in [0, 0.05) is 32.7 Å². The van der Waals surface area contributed by atoms with Gasteiger partial charge in [-0.15, -0.1) is 0 Å². The van der Waals surface area contributed by atoms with E-state index in [-0.39, 0.29) is 18.6 Å². The van der Waals surface area contributed by atoms with E-state index in [1.807, 2.05) is 37.3 Å². The van der Waals surface area contributed by atoms with Gasteiger partial charge < -0.3 is 19.4 Å². The van der Waals surface area contributed by atoms with Crippen LogP contribution in [-0.2, 0) is 25.7 Å². The second-order valence-electron chi connectivity index (χ2n) is 7.01. The summed E-state index contributed by atoms with van der Waals surface area (Å²) in [6.07, 6.45) is 1.79. The van der Waals surface area contributed by atoms with E-state index >= 15 is 0 Å². The third-order valence-electron chi connectivity index (χ3n) is 5.16. The Labute approximate surface area is 159 Å². The average molecular weight is 373 g/mol. The monoisotopic (exact) mass is 373 g/mol. The normalized spacial score (nSPS) is 20.9. The number of likely N-dealkylation sites (N-methyl/N-ethyl adjacent to an activating group) is 1. The number of hydrogen-bond donors (Lipinski definition) is 0. The van der Waals surface area contributed by atoms with Crippen LogP contribution in [0.25, 0.3) is 0 Å². The van der Waals surface area contributed by atoms with Crippen LogP contribution in [0.15, 0.2) is 30.3 Å². The molecule has 0 bridgehead atoms. The molecule has 0 unspecified atom stereocenters. The third-order valence-corrected chi connectivity index (χ3v) is 5.16. The quantitative estimate of drug-likeness (QED) is 0.695. The van der Waals surface area contributed by atoms with Crippen molar-refractivity contribution >= 4 is 17.7 Å². The summed E-state index contributed by atoms with van der Waals surface area (Å²) in [5.74, 6) is -1.21. The third kappa shape index (κ3) is 4.86. The second kappa shape index (κ2) is 8.99. The van der Waals surface area contributed by atoms with E-state index in [1.54, 1.807) is 4.90 Å². The summed E-state index contributed by atoms with van der Waals surface area (Å²) < 4.78 is 5.97. The predicted molar refractivity (Wildman–Crippen MR) is 99.7 cm³/mol. The summed E-state index contributed by atoms with van der Waals surface area (Å²) in [7, 11) is 0. The Kier molecular flexibility index (Phi) is 6.45. The van der Waals surface area contributed by atoms with Crippen molar-refractivity contribution < 1.29 is 19.1 Å². The number of piperazine rings is 1. The highest BCUT2D eigenvalue weighted by Gasteiger charge is 2.34. The average Bonchev–Trinajstić information content (AvgIpc) is 2.71. The Morgan fingerprint density at radius 3 is 2.52 bits per heavy atom. The summed E-state index contributed by atoms with van der Waals surface area (Å²) in [4.78, 5) is 41.4. The van der Waals surface area contributed by atoms with Crippen LogP contribution in [0.5, 0.6) is 0 Å². The number of carbonyl (C=O) groups is 3. The Hall–Kier alpha value is -2.41. The van der Waals surface area contributed by atoms with Gasteiger partial charge >= 0.3 is 11.8 Å². The van der Waals surface area contributed by atoms with Crippen LogP contribution in [-0.4, -0.2) is 77.8 Å². The van der Waals surface area contributed by atoms with Gasteiger partial charge in [-0.2, -0.15) is 0 Å². The number of ether oxygens (including phenoxy) is 1. The molecule has 27 heavy (non-hydrogen) atoms. The molecule has 0 aromatic heterocycles. The predicted octanol–water partition coefficient (Wildman–Crippen LogP) is 0.885. The van der Waals surface area contributed by atoms with Crippen molar-refractivity contribution in [3.63, 3.8) is 0 Å². The van der Waals surface area contributed by atoms with Gasteiger partial charge in [-0.05, 0) is 25.3 Å². The molecule has 7 heteroatoms. The van der Waals surface area contributed by atoms with Gasteiger partial charge in [0.1, 0.15) is 6.54 Å². The second-order valence-corrected chi connectivity index (χ2v) is 7.01. The van der Waals surface area contributed by atoms with E-state index in [2.05, 4.69) is 0 Å². The van der Waals surface area contributed by atoms with Crippen LogP contribution in [0.2, 0.25) is 0 Å². The lowest BCUT2D eigenvalue weighted by atomic mass is 10.1. The first-order valence-corrected chi connectivity index (χ1v) is 9.60. The molecule has 2 aliphatic heterocycles. The zero-order valence-electron chi connectivity index (χ0n) is 15.8. The van der Waals surface area contributed by atoms with Crippen molar-refractivity contribution in [3.05, 3.63) is 35.9 Å². The first-order chi connectivity index (χ1) is 13.1. The lowest BCUT2D eigenvalue weighted by Gasteiger charge is -2.36. The van der Waals surface area contributed by atoms with Crippen LogP contribution in [0.3, 0.4) is 0 Å². The zero-order valence-corrected chi connectivity index (χ0v) is 15.8. The molecule has 2 aliphatic rings. The van der Waals surface area contributed by atoms with Crippen molar-refractivity contribution in [3.8, 4) is 0 Å². The van der Waals surface area contributed by atoms with E-state index < -0.39 is 11.8 Å². The van der Waals surface area contributed by atoms with E-state index in [0.29, 0.717) is 39.3 Å². The fraction of sp³-hybridized carbons (Fsp3) is 0.550. The number of rotatable bonds is 6. The number of hydrogen-bond acceptors (Lipinski definition) is 4. The Bertz CT molecular complexity index is 679. The van der Waals surface area contributed by atoms with Gasteiger partial charge in [0.2, 0.25) is 5.91 Å². The van der Waals surface area contributed by atoms with Crippen molar-refractivity contribution in [2.75, 3.05) is 39.3 Å². The molecular weight excluding hydrogens is 346 g/mol. The summed E-state index contributed by atoms with van der Waals surface area (Å²) >= 11 is 0. The van der Waals surface area contributed by atoms with Crippen molar-refractivity contribution in [1.82, 2.24) is 14.7 Å². The molecule has 0 N–H and O–H groups in total. The molecule has 2 heterocycles. The number of benzene rings is 1. The minimum atomic E-state index is -0.578. The summed E-state index contributed by atoms with van der Waals surface area (Å²) in [6.45, 7) is 4.94. The van der Waals surface area contributed by atoms with Crippen LogP contribution in [0, 0.1) is 0 Å². The summed E-state index contributed by atoms with van der Waals surface area (Å²) in [5.41, 5.74) is 1.11. The molecule has 7 nitrogen and oxygen atoms in total. The molecule has 1 aromatic carbocycles. The molecule has 0 spiro atoms. The molecule has 0 radical (unpaired) electrons. The first-order valence-electron chi connectivity index (χ1n) is 9.60. The number of carbonyl (C=O) groups excluding carboxylic acids is 3. The van der Waals surface area contributed by atoms with Crippen LogP contribution in [0.1, 0.15) is 25.3 Å². The molecule has 0 saturated carbocycles. The summed E-state index contributed by atoms with van der Waals surface area (Å²) in [5, 5.41) is 0. The number of nitrogens with zero attached hydrogens (tertiary/aromatic N) is 3. The number of likely N-dealkylation sites (tertiary alicyclic amines) is 1. The molecular formula is C20H27N3O4. The van der Waals surface area contributed by atoms with Crippen LogP contribution in [0.4, 0.5) is 0 Å². The molecule has 1 aromatic rings. The minimum absolute atomic E-state index is 0.00261. The zero-order chi connectivity index (χ0) is 19.2. The fourth-order valence-electron chi connectivity index (χ4n) is 3.52. The highest BCUT2D eigenvalue weighted by Crippen LogP contribution is 2.16. The topological polar surface area (TPSA) is 70.2 Å². The van der Waals surface area contributed by atoms with Gasteiger partial charge in [-0.25, -0.2) is 0 Å². The van der Waals surface area contributed by atoms with Crippen LogP contribution < -0.4 is 0 Å². The Balaban J connectivity index is 1.49. The van der Waals surface area contributed by atoms with E-state index in [1.165, 1.54) is 9.80 Å². The van der Waals surface area contributed by atoms with Gasteiger partial charge in [-0.1, -0.05) is 30.3 Å². The maximum absolute atomic E-state index is 12.6. The van der Waals surface area contributed by atoms with E-state index in [9.17, 15) is 14.4 Å². The largest absolute Gasteiger partial charge is 0.372 e. The van der Waals surface area contributed by atoms with Gasteiger partial charge in [-0.3, -0.25) is 14.4 Å². The standard InChI is InChI=1S/C20H27N3O4/c1-2-21-11-12-23(20(26)19(21)25)14-18(24)22-10-6-9-17(13-22)27-15-16-7-4-3-5-8-16/h3-5,7-8,17H,2,6,9-15H2,1H3/t17-/m1/s1. The van der Waals surface area contributed by atoms with Crippen molar-refractivity contribution in [2.24, 2.45) is 0 Å². The van der Waals surface area contributed by atoms with Crippen molar-refractivity contribution in [1.29, 1.82) is 0 Å². The van der Waals surface area contributed by atoms with E-state index in [4.69, 9.17) is 4.74 Å². The van der Waals surface area contributed by atoms with Gasteiger partial charge in [0.25, 0.3) is 0 Å². The van der Waals surface area contributed by atoms with Gasteiger partial charge in [0.05, 0.1) is 12.7 Å². The molecule has 3 rings (SSSR count). The molecule has 2 saturated heterocycles. The first kappa shape index (κ1) is 19.4. The molecule has 3 amide bonds. The van der Waals surface area contributed by atoms with Gasteiger partial charge in [0.15, 0.2) is 0 Å². The Morgan fingerprint density at radius 1 is 1.07 bits per heavy atom. The van der Waals surface area contributed by atoms with Crippen molar-refractivity contribution in [2.45, 2.75) is 32.5 Å². The highest BCUT2D eigenvalue weighted by molar-refractivity contribution is 6.35. The number of piperidine rings is 1. The minimum Gasteiger partial charge on any atom is -0.372 e. The lowest BCUT2D eigenvalue weighted by molar-refractivity contribution is -0.158. The fourth-order valence-corrected chi connectivity index (χ4v) is 3.52.